The maximum absolute atomic E-state index is 5.52. The summed E-state index contributed by atoms with van der Waals surface area (Å²) in [5.41, 5.74) is 2.83. The Kier molecular flexibility index (Phi) is 4.24. The molecule has 0 N–H and O–H groups in total. The molecule has 18 heavy (non-hydrogen) atoms. The van der Waals surface area contributed by atoms with E-state index in [0.717, 1.165) is 12.2 Å². The summed E-state index contributed by atoms with van der Waals surface area (Å²) >= 11 is 0. The van der Waals surface area contributed by atoms with Crippen LogP contribution in [-0.4, -0.2) is 7.11 Å². The minimum absolute atomic E-state index is 0.483. The van der Waals surface area contributed by atoms with Crippen molar-refractivity contribution in [1.29, 1.82) is 0 Å². The Morgan fingerprint density at radius 3 is 2.61 bits per heavy atom. The van der Waals surface area contributed by atoms with Crippen LogP contribution in [0.1, 0.15) is 38.2 Å². The number of rotatable bonds is 5. The number of hydrogen-bond acceptors (Lipinski definition) is 1. The second kappa shape index (κ2) is 5.90. The molecule has 0 bridgehead atoms. The highest BCUT2D eigenvalue weighted by Gasteiger charge is 2.21. The maximum Gasteiger partial charge on any atom is 0.122 e. The molecule has 0 heterocycles. The molecule has 0 amide bonds. The lowest BCUT2D eigenvalue weighted by Gasteiger charge is -2.23. The van der Waals surface area contributed by atoms with Crippen molar-refractivity contribution < 1.29 is 4.74 Å². The quantitative estimate of drug-likeness (QED) is 0.726. The van der Waals surface area contributed by atoms with E-state index in [9.17, 15) is 0 Å². The Bertz CT molecular complexity index is 454. The predicted octanol–water partition coefficient (Wildman–Crippen LogP) is 4.71. The summed E-state index contributed by atoms with van der Waals surface area (Å²) < 4.78 is 5.52. The van der Waals surface area contributed by atoms with Gasteiger partial charge in [-0.25, -0.2) is 0 Å². The summed E-state index contributed by atoms with van der Waals surface area (Å²) in [5, 5.41) is 0. The van der Waals surface area contributed by atoms with Crippen molar-refractivity contribution in [2.45, 2.75) is 32.6 Å². The molecule has 0 spiro atoms. The Morgan fingerprint density at radius 2 is 2.00 bits per heavy atom. The van der Waals surface area contributed by atoms with Crippen LogP contribution in [0.3, 0.4) is 0 Å². The van der Waals surface area contributed by atoms with Gasteiger partial charge in [-0.05, 0) is 24.8 Å². The van der Waals surface area contributed by atoms with Crippen LogP contribution in [0.4, 0.5) is 0 Å². The third-order valence-electron chi connectivity index (χ3n) is 3.47. The Labute approximate surface area is 110 Å². The van der Waals surface area contributed by atoms with E-state index < -0.39 is 0 Å². The number of allylic oxidation sites excluding steroid dienone is 4. The van der Waals surface area contributed by atoms with E-state index in [1.54, 1.807) is 7.11 Å². The summed E-state index contributed by atoms with van der Waals surface area (Å²) in [5.74, 6) is 2.17. The average molecular weight is 242 g/mol. The molecule has 1 aromatic carbocycles. The molecule has 0 saturated heterocycles. The largest absolute Gasteiger partial charge is 0.496 e. The smallest absolute Gasteiger partial charge is 0.122 e. The van der Waals surface area contributed by atoms with Gasteiger partial charge in [-0.15, -0.1) is 0 Å². The van der Waals surface area contributed by atoms with Crippen LogP contribution < -0.4 is 4.74 Å². The predicted molar refractivity (Wildman–Crippen MR) is 77.0 cm³/mol. The van der Waals surface area contributed by atoms with Crippen LogP contribution in [0.25, 0.3) is 0 Å². The molecule has 0 fully saturated rings. The van der Waals surface area contributed by atoms with Gasteiger partial charge in [0, 0.05) is 11.5 Å². The van der Waals surface area contributed by atoms with Crippen molar-refractivity contribution in [3.63, 3.8) is 0 Å². The van der Waals surface area contributed by atoms with Gasteiger partial charge in [0.2, 0.25) is 0 Å². The summed E-state index contributed by atoms with van der Waals surface area (Å²) in [6.45, 7) is 4.57. The lowest BCUT2D eigenvalue weighted by atomic mass is 9.83. The van der Waals surface area contributed by atoms with Gasteiger partial charge in [-0.3, -0.25) is 0 Å². The minimum atomic E-state index is 0.483. The fourth-order valence-corrected chi connectivity index (χ4v) is 2.63. The molecular formula is C17H22O. The Hall–Kier alpha value is -1.50. The monoisotopic (exact) mass is 242 g/mol. The van der Waals surface area contributed by atoms with Crippen molar-refractivity contribution in [1.82, 2.24) is 0 Å². The highest BCUT2D eigenvalue weighted by Crippen LogP contribution is 2.39. The van der Waals surface area contributed by atoms with E-state index >= 15 is 0 Å². The fraction of sp³-hybridized carbons (Fsp3) is 0.412. The van der Waals surface area contributed by atoms with Crippen LogP contribution >= 0.6 is 0 Å². The van der Waals surface area contributed by atoms with Crippen molar-refractivity contribution >= 4 is 0 Å². The molecule has 1 heteroatoms. The molecule has 0 aliphatic heterocycles. The van der Waals surface area contributed by atoms with Crippen LogP contribution in [0, 0.1) is 5.92 Å². The van der Waals surface area contributed by atoms with Crippen LogP contribution in [0.2, 0.25) is 0 Å². The van der Waals surface area contributed by atoms with E-state index in [1.807, 2.05) is 6.07 Å². The zero-order chi connectivity index (χ0) is 13.0. The molecular weight excluding hydrogens is 220 g/mol. The fourth-order valence-electron chi connectivity index (χ4n) is 2.63. The first-order valence-corrected chi connectivity index (χ1v) is 6.71. The second-order valence-corrected chi connectivity index (χ2v) is 5.30. The van der Waals surface area contributed by atoms with Gasteiger partial charge in [0.05, 0.1) is 7.11 Å². The number of ether oxygens (including phenoxy) is 1. The molecule has 1 aromatic rings. The summed E-state index contributed by atoms with van der Waals surface area (Å²) in [6, 6.07) is 8.40. The highest BCUT2D eigenvalue weighted by molar-refractivity contribution is 5.43. The first-order valence-electron chi connectivity index (χ1n) is 6.71. The van der Waals surface area contributed by atoms with Gasteiger partial charge >= 0.3 is 0 Å². The number of benzene rings is 1. The maximum atomic E-state index is 5.52. The van der Waals surface area contributed by atoms with Gasteiger partial charge in [0.25, 0.3) is 0 Å². The van der Waals surface area contributed by atoms with Crippen LogP contribution in [0.15, 0.2) is 48.1 Å². The van der Waals surface area contributed by atoms with Gasteiger partial charge in [0.1, 0.15) is 5.75 Å². The van der Waals surface area contributed by atoms with E-state index in [2.05, 4.69) is 50.3 Å². The minimum Gasteiger partial charge on any atom is -0.496 e. The van der Waals surface area contributed by atoms with Crippen molar-refractivity contribution in [3.05, 3.63) is 53.6 Å². The van der Waals surface area contributed by atoms with Crippen molar-refractivity contribution in [2.24, 2.45) is 5.92 Å². The van der Waals surface area contributed by atoms with Crippen LogP contribution in [-0.2, 0) is 0 Å². The molecule has 1 nitrogen and oxygen atoms in total. The lowest BCUT2D eigenvalue weighted by Crippen LogP contribution is -2.07. The summed E-state index contributed by atoms with van der Waals surface area (Å²) in [6.07, 6.45) is 8.92. The second-order valence-electron chi connectivity index (χ2n) is 5.30. The van der Waals surface area contributed by atoms with E-state index in [4.69, 9.17) is 4.74 Å². The third-order valence-corrected chi connectivity index (χ3v) is 3.47. The molecule has 1 unspecified atom stereocenters. The molecule has 1 aliphatic carbocycles. The molecule has 0 radical (unpaired) electrons. The van der Waals surface area contributed by atoms with Crippen molar-refractivity contribution in [3.8, 4) is 5.75 Å². The van der Waals surface area contributed by atoms with Gasteiger partial charge in [0.15, 0.2) is 0 Å². The van der Waals surface area contributed by atoms with Gasteiger partial charge in [-0.1, -0.05) is 55.8 Å². The van der Waals surface area contributed by atoms with Crippen LogP contribution in [0.5, 0.6) is 5.75 Å². The molecule has 96 valence electrons. The van der Waals surface area contributed by atoms with Crippen molar-refractivity contribution in [2.75, 3.05) is 7.11 Å². The molecule has 1 atom stereocenters. The number of para-hydroxylation sites is 1. The summed E-state index contributed by atoms with van der Waals surface area (Å²) in [7, 11) is 1.76. The molecule has 2 rings (SSSR count). The average Bonchev–Trinajstić information content (AvgIpc) is 2.89. The SMILES string of the molecule is COc1ccccc1C(CC(C)C)C1=CC=CC1. The summed E-state index contributed by atoms with van der Waals surface area (Å²) in [4.78, 5) is 0. The highest BCUT2D eigenvalue weighted by atomic mass is 16.5. The Balaban J connectivity index is 2.33. The third kappa shape index (κ3) is 2.84. The number of methoxy groups -OCH3 is 1. The molecule has 1 aliphatic rings. The zero-order valence-electron chi connectivity index (χ0n) is 11.5. The first-order chi connectivity index (χ1) is 8.72. The van der Waals surface area contributed by atoms with Gasteiger partial charge < -0.3 is 4.74 Å². The molecule has 0 saturated carbocycles. The normalized spacial score (nSPS) is 15.9. The standard InChI is InChI=1S/C17H22O/c1-13(2)12-16(14-8-4-5-9-14)15-10-6-7-11-17(15)18-3/h4-8,10-11,13,16H,9,12H2,1-3H3. The van der Waals surface area contributed by atoms with E-state index in [-0.39, 0.29) is 0 Å². The topological polar surface area (TPSA) is 9.23 Å². The number of hydrogen-bond donors (Lipinski definition) is 0. The zero-order valence-corrected chi connectivity index (χ0v) is 11.5. The molecule has 0 aromatic heterocycles. The van der Waals surface area contributed by atoms with Gasteiger partial charge in [-0.2, -0.15) is 0 Å². The van der Waals surface area contributed by atoms with E-state index in [0.29, 0.717) is 11.8 Å². The Morgan fingerprint density at radius 1 is 1.22 bits per heavy atom. The van der Waals surface area contributed by atoms with E-state index in [1.165, 1.54) is 17.6 Å². The first kappa shape index (κ1) is 12.9. The lowest BCUT2D eigenvalue weighted by molar-refractivity contribution is 0.403.